The lowest BCUT2D eigenvalue weighted by Gasteiger charge is -2.18. The van der Waals surface area contributed by atoms with E-state index in [4.69, 9.17) is 10.5 Å². The van der Waals surface area contributed by atoms with Gasteiger partial charge >= 0.3 is 0 Å². The molecule has 0 aliphatic carbocycles. The smallest absolute Gasteiger partial charge is 0.265 e. The number of nitrogens with one attached hydrogen (secondary N) is 1. The highest BCUT2D eigenvalue weighted by atomic mass is 16.5. The van der Waals surface area contributed by atoms with E-state index in [-0.39, 0.29) is 5.91 Å². The number of anilines is 2. The monoisotopic (exact) mass is 298 g/mol. The van der Waals surface area contributed by atoms with Crippen LogP contribution in [-0.4, -0.2) is 12.0 Å². The number of hydrogen-bond acceptors (Lipinski definition) is 3. The Bertz CT molecular complexity index is 695. The summed E-state index contributed by atoms with van der Waals surface area (Å²) in [6.45, 7) is 7.65. The number of ether oxygens (including phenoxy) is 1. The molecule has 1 unspecified atom stereocenters. The summed E-state index contributed by atoms with van der Waals surface area (Å²) in [7, 11) is 0. The van der Waals surface area contributed by atoms with Crippen LogP contribution in [-0.2, 0) is 4.79 Å². The van der Waals surface area contributed by atoms with Gasteiger partial charge in [-0.15, -0.1) is 0 Å². The first kappa shape index (κ1) is 15.9. The summed E-state index contributed by atoms with van der Waals surface area (Å²) in [6.07, 6.45) is -0.586. The fraction of sp³-hybridized carbons (Fsp3) is 0.278. The van der Waals surface area contributed by atoms with E-state index in [1.54, 1.807) is 19.1 Å². The van der Waals surface area contributed by atoms with Crippen molar-refractivity contribution in [1.29, 1.82) is 0 Å². The van der Waals surface area contributed by atoms with E-state index in [0.717, 1.165) is 28.1 Å². The van der Waals surface area contributed by atoms with Gasteiger partial charge in [0.25, 0.3) is 5.91 Å². The normalized spacial score (nSPS) is 11.8. The maximum absolute atomic E-state index is 12.3. The molecule has 1 atom stereocenters. The van der Waals surface area contributed by atoms with Crippen molar-refractivity contribution >= 4 is 17.3 Å². The van der Waals surface area contributed by atoms with Crippen LogP contribution in [0, 0.1) is 20.8 Å². The molecule has 0 aromatic heterocycles. The molecule has 0 aliphatic rings. The lowest BCUT2D eigenvalue weighted by molar-refractivity contribution is -0.122. The van der Waals surface area contributed by atoms with Crippen molar-refractivity contribution in [3.63, 3.8) is 0 Å². The summed E-state index contributed by atoms with van der Waals surface area (Å²) in [6, 6.07) is 11.2. The number of nitrogens with two attached hydrogens (primary N) is 1. The van der Waals surface area contributed by atoms with Gasteiger partial charge in [0.05, 0.1) is 0 Å². The molecule has 2 rings (SSSR count). The molecule has 4 nitrogen and oxygen atoms in total. The van der Waals surface area contributed by atoms with Crippen molar-refractivity contribution in [3.05, 3.63) is 53.1 Å². The number of benzene rings is 2. The van der Waals surface area contributed by atoms with Gasteiger partial charge in [-0.3, -0.25) is 4.79 Å². The molecule has 116 valence electrons. The van der Waals surface area contributed by atoms with Crippen LogP contribution in [0.4, 0.5) is 11.4 Å². The van der Waals surface area contributed by atoms with Gasteiger partial charge in [0.2, 0.25) is 0 Å². The third kappa shape index (κ3) is 3.58. The van der Waals surface area contributed by atoms with E-state index in [9.17, 15) is 4.79 Å². The van der Waals surface area contributed by atoms with Gasteiger partial charge in [0, 0.05) is 11.4 Å². The van der Waals surface area contributed by atoms with Gasteiger partial charge in [-0.1, -0.05) is 12.1 Å². The fourth-order valence-electron chi connectivity index (χ4n) is 2.16. The molecular weight excluding hydrogens is 276 g/mol. The quantitative estimate of drug-likeness (QED) is 0.848. The van der Waals surface area contributed by atoms with E-state index in [0.29, 0.717) is 5.69 Å². The molecule has 3 N–H and O–H groups in total. The minimum Gasteiger partial charge on any atom is -0.481 e. The van der Waals surface area contributed by atoms with Crippen LogP contribution >= 0.6 is 0 Å². The van der Waals surface area contributed by atoms with E-state index < -0.39 is 6.10 Å². The summed E-state index contributed by atoms with van der Waals surface area (Å²) in [4.78, 5) is 12.3. The lowest BCUT2D eigenvalue weighted by Crippen LogP contribution is -2.30. The Balaban J connectivity index is 2.07. The molecule has 1 amide bonds. The zero-order chi connectivity index (χ0) is 16.3. The Morgan fingerprint density at radius 2 is 1.86 bits per heavy atom. The molecule has 0 heterocycles. The Morgan fingerprint density at radius 3 is 2.55 bits per heavy atom. The second-order valence-electron chi connectivity index (χ2n) is 5.52. The Hall–Kier alpha value is -2.49. The maximum Gasteiger partial charge on any atom is 0.265 e. The molecule has 2 aromatic rings. The molecule has 4 heteroatoms. The topological polar surface area (TPSA) is 64.3 Å². The van der Waals surface area contributed by atoms with Gasteiger partial charge in [0.1, 0.15) is 5.75 Å². The maximum atomic E-state index is 12.3. The summed E-state index contributed by atoms with van der Waals surface area (Å²) in [5.74, 6) is 0.547. The van der Waals surface area contributed by atoms with E-state index in [1.807, 2.05) is 45.0 Å². The Labute approximate surface area is 131 Å². The zero-order valence-corrected chi connectivity index (χ0v) is 13.4. The van der Waals surface area contributed by atoms with Crippen LogP contribution in [0.2, 0.25) is 0 Å². The van der Waals surface area contributed by atoms with Crippen LogP contribution in [0.5, 0.6) is 5.75 Å². The molecule has 0 bridgehead atoms. The lowest BCUT2D eigenvalue weighted by atomic mass is 10.1. The predicted octanol–water partition coefficient (Wildman–Crippen LogP) is 3.60. The van der Waals surface area contributed by atoms with Crippen LogP contribution in [0.3, 0.4) is 0 Å². The fourth-order valence-corrected chi connectivity index (χ4v) is 2.16. The first-order valence-corrected chi connectivity index (χ1v) is 7.28. The second-order valence-corrected chi connectivity index (χ2v) is 5.52. The summed E-state index contributed by atoms with van der Waals surface area (Å²) in [5, 5.41) is 2.87. The number of nitrogen functional groups attached to an aromatic ring is 1. The average Bonchev–Trinajstić information content (AvgIpc) is 2.46. The van der Waals surface area contributed by atoms with Crippen LogP contribution in [0.25, 0.3) is 0 Å². The molecule has 2 aromatic carbocycles. The summed E-state index contributed by atoms with van der Waals surface area (Å²) < 4.78 is 5.79. The minimum absolute atomic E-state index is 0.186. The molecule has 0 spiro atoms. The first-order chi connectivity index (χ1) is 10.4. The number of hydrogen-bond donors (Lipinski definition) is 2. The molecule has 0 radical (unpaired) electrons. The standard InChI is InChI=1S/C18H22N2O2/c1-11-6-5-7-17(13(11)3)22-14(4)18(21)20-16-9-8-15(19)10-12(16)2/h5-10,14H,19H2,1-4H3,(H,20,21). The van der Waals surface area contributed by atoms with Gasteiger partial charge < -0.3 is 15.8 Å². The number of carbonyl (C=O) groups is 1. The molecule has 0 saturated heterocycles. The second kappa shape index (κ2) is 6.52. The number of carbonyl (C=O) groups excluding carboxylic acids is 1. The van der Waals surface area contributed by atoms with Crippen molar-refractivity contribution in [2.24, 2.45) is 0 Å². The molecule has 0 aliphatic heterocycles. The molecule has 22 heavy (non-hydrogen) atoms. The van der Waals surface area contributed by atoms with Crippen molar-refractivity contribution in [2.75, 3.05) is 11.1 Å². The van der Waals surface area contributed by atoms with Crippen molar-refractivity contribution in [3.8, 4) is 5.75 Å². The highest BCUT2D eigenvalue weighted by Crippen LogP contribution is 2.23. The van der Waals surface area contributed by atoms with E-state index in [1.165, 1.54) is 0 Å². The van der Waals surface area contributed by atoms with Crippen LogP contribution in [0.15, 0.2) is 36.4 Å². The SMILES string of the molecule is Cc1cc(N)ccc1NC(=O)C(C)Oc1cccc(C)c1C. The Kier molecular flexibility index (Phi) is 4.71. The Morgan fingerprint density at radius 1 is 1.14 bits per heavy atom. The molecule has 0 saturated carbocycles. The van der Waals surface area contributed by atoms with Crippen LogP contribution in [0.1, 0.15) is 23.6 Å². The van der Waals surface area contributed by atoms with Gasteiger partial charge in [-0.05, 0) is 68.7 Å². The minimum atomic E-state index is -0.586. The third-order valence-corrected chi connectivity index (χ3v) is 3.74. The number of amides is 1. The van der Waals surface area contributed by atoms with Crippen molar-refractivity contribution in [1.82, 2.24) is 0 Å². The van der Waals surface area contributed by atoms with E-state index in [2.05, 4.69) is 5.32 Å². The van der Waals surface area contributed by atoms with Gasteiger partial charge in [-0.25, -0.2) is 0 Å². The highest BCUT2D eigenvalue weighted by molar-refractivity contribution is 5.95. The first-order valence-electron chi connectivity index (χ1n) is 7.28. The zero-order valence-electron chi connectivity index (χ0n) is 13.4. The van der Waals surface area contributed by atoms with E-state index >= 15 is 0 Å². The number of aryl methyl sites for hydroxylation is 2. The third-order valence-electron chi connectivity index (χ3n) is 3.74. The van der Waals surface area contributed by atoms with Gasteiger partial charge in [0.15, 0.2) is 6.10 Å². The molecule has 0 fully saturated rings. The van der Waals surface area contributed by atoms with Crippen LogP contribution < -0.4 is 15.8 Å². The van der Waals surface area contributed by atoms with Gasteiger partial charge in [-0.2, -0.15) is 0 Å². The average molecular weight is 298 g/mol. The predicted molar refractivity (Wildman–Crippen MR) is 90.2 cm³/mol. The largest absolute Gasteiger partial charge is 0.481 e. The highest BCUT2D eigenvalue weighted by Gasteiger charge is 2.17. The summed E-state index contributed by atoms with van der Waals surface area (Å²) >= 11 is 0. The van der Waals surface area contributed by atoms with Crippen molar-refractivity contribution < 1.29 is 9.53 Å². The summed E-state index contributed by atoms with van der Waals surface area (Å²) in [5.41, 5.74) is 10.2. The molecular formula is C18H22N2O2. The van der Waals surface area contributed by atoms with Crippen molar-refractivity contribution in [2.45, 2.75) is 33.8 Å². The number of rotatable bonds is 4.